The summed E-state index contributed by atoms with van der Waals surface area (Å²) in [5.41, 5.74) is 2.76. The maximum absolute atomic E-state index is 12.0. The zero-order chi connectivity index (χ0) is 13.8. The molecule has 1 aromatic heterocycles. The van der Waals surface area contributed by atoms with E-state index in [1.165, 1.54) is 5.56 Å². The Kier molecular flexibility index (Phi) is 4.38. The molecule has 19 heavy (non-hydrogen) atoms. The molecule has 0 fully saturated rings. The van der Waals surface area contributed by atoms with Crippen molar-refractivity contribution < 1.29 is 4.79 Å². The first-order valence-corrected chi connectivity index (χ1v) is 6.69. The van der Waals surface area contributed by atoms with Gasteiger partial charge in [0, 0.05) is 19.9 Å². The molecule has 1 aromatic carbocycles. The van der Waals surface area contributed by atoms with Crippen molar-refractivity contribution >= 4 is 17.4 Å². The Balaban J connectivity index is 1.95. The van der Waals surface area contributed by atoms with Crippen molar-refractivity contribution in [2.24, 2.45) is 7.05 Å². The van der Waals surface area contributed by atoms with Crippen LogP contribution in [0.2, 0.25) is 5.02 Å². The van der Waals surface area contributed by atoms with Gasteiger partial charge in [-0.25, -0.2) is 0 Å². The lowest BCUT2D eigenvalue weighted by atomic mass is 10.1. The van der Waals surface area contributed by atoms with Crippen LogP contribution in [-0.2, 0) is 24.7 Å². The monoisotopic (exact) mass is 276 g/mol. The number of halogens is 1. The molecule has 0 aliphatic rings. The molecule has 0 aliphatic carbocycles. The molecule has 2 rings (SSSR count). The highest BCUT2D eigenvalue weighted by Crippen LogP contribution is 2.20. The number of carbonyl (C=O) groups excluding carboxylic acids is 1. The summed E-state index contributed by atoms with van der Waals surface area (Å²) in [6.07, 6.45) is 1.65. The standard InChI is InChI=1S/C15H17ClN2O/c1-11-15(16)14(18(2)17-11)10-13(19)9-8-12-6-4-3-5-7-12/h3-7H,8-10H2,1-2H3. The van der Waals surface area contributed by atoms with Crippen molar-refractivity contribution in [3.05, 3.63) is 52.3 Å². The van der Waals surface area contributed by atoms with Crippen LogP contribution in [0.5, 0.6) is 0 Å². The van der Waals surface area contributed by atoms with Gasteiger partial charge in [0.25, 0.3) is 0 Å². The molecule has 0 atom stereocenters. The number of benzene rings is 1. The normalized spacial score (nSPS) is 10.7. The number of ketones is 1. The van der Waals surface area contributed by atoms with Gasteiger partial charge in [0.05, 0.1) is 16.4 Å². The van der Waals surface area contributed by atoms with E-state index in [4.69, 9.17) is 11.6 Å². The predicted octanol–water partition coefficient (Wildman–Crippen LogP) is 3.13. The van der Waals surface area contributed by atoms with E-state index in [0.717, 1.165) is 17.8 Å². The van der Waals surface area contributed by atoms with E-state index in [9.17, 15) is 4.79 Å². The summed E-state index contributed by atoms with van der Waals surface area (Å²) < 4.78 is 1.69. The molecular formula is C15H17ClN2O. The van der Waals surface area contributed by atoms with Crippen molar-refractivity contribution in [2.45, 2.75) is 26.2 Å². The van der Waals surface area contributed by atoms with E-state index in [2.05, 4.69) is 5.10 Å². The lowest BCUT2D eigenvalue weighted by Gasteiger charge is -2.03. The highest BCUT2D eigenvalue weighted by Gasteiger charge is 2.14. The van der Waals surface area contributed by atoms with Gasteiger partial charge in [0.15, 0.2) is 0 Å². The van der Waals surface area contributed by atoms with Crippen LogP contribution in [0.15, 0.2) is 30.3 Å². The Bertz CT molecular complexity index is 575. The highest BCUT2D eigenvalue weighted by atomic mass is 35.5. The van der Waals surface area contributed by atoms with Gasteiger partial charge in [-0.15, -0.1) is 0 Å². The molecule has 0 amide bonds. The topological polar surface area (TPSA) is 34.9 Å². The first-order valence-electron chi connectivity index (χ1n) is 6.31. The first-order chi connectivity index (χ1) is 9.08. The van der Waals surface area contributed by atoms with Crippen molar-refractivity contribution in [2.75, 3.05) is 0 Å². The molecular weight excluding hydrogens is 260 g/mol. The third-order valence-corrected chi connectivity index (χ3v) is 3.65. The summed E-state index contributed by atoms with van der Waals surface area (Å²) in [6, 6.07) is 10.0. The minimum Gasteiger partial charge on any atom is -0.299 e. The zero-order valence-electron chi connectivity index (χ0n) is 11.2. The molecule has 100 valence electrons. The molecule has 1 heterocycles. The number of nitrogens with zero attached hydrogens (tertiary/aromatic N) is 2. The molecule has 0 spiro atoms. The molecule has 0 unspecified atom stereocenters. The van der Waals surface area contributed by atoms with Crippen LogP contribution in [0.3, 0.4) is 0 Å². The zero-order valence-corrected chi connectivity index (χ0v) is 11.9. The fraction of sp³-hybridized carbons (Fsp3) is 0.333. The van der Waals surface area contributed by atoms with Gasteiger partial charge >= 0.3 is 0 Å². The van der Waals surface area contributed by atoms with Gasteiger partial charge in [-0.2, -0.15) is 5.10 Å². The van der Waals surface area contributed by atoms with Crippen molar-refractivity contribution in [1.29, 1.82) is 0 Å². The number of carbonyl (C=O) groups is 1. The number of Topliss-reactive ketones (excluding diaryl/α,β-unsaturated/α-hetero) is 1. The number of hydrogen-bond donors (Lipinski definition) is 0. The lowest BCUT2D eigenvalue weighted by Crippen LogP contribution is -2.08. The second-order valence-electron chi connectivity index (χ2n) is 4.67. The third kappa shape index (κ3) is 3.44. The summed E-state index contributed by atoms with van der Waals surface area (Å²) in [4.78, 5) is 12.0. The van der Waals surface area contributed by atoms with Gasteiger partial charge < -0.3 is 0 Å². The molecule has 0 aliphatic heterocycles. The number of hydrogen-bond acceptors (Lipinski definition) is 2. The van der Waals surface area contributed by atoms with E-state index in [1.54, 1.807) is 4.68 Å². The number of rotatable bonds is 5. The summed E-state index contributed by atoms with van der Waals surface area (Å²) >= 11 is 6.14. The quantitative estimate of drug-likeness (QED) is 0.841. The molecule has 0 saturated heterocycles. The van der Waals surface area contributed by atoms with Crippen LogP contribution in [0, 0.1) is 6.92 Å². The van der Waals surface area contributed by atoms with Crippen LogP contribution in [0.4, 0.5) is 0 Å². The lowest BCUT2D eigenvalue weighted by molar-refractivity contribution is -0.118. The van der Waals surface area contributed by atoms with E-state index in [-0.39, 0.29) is 5.78 Å². The first kappa shape index (κ1) is 13.8. The fourth-order valence-electron chi connectivity index (χ4n) is 2.08. The molecule has 0 radical (unpaired) electrons. The largest absolute Gasteiger partial charge is 0.299 e. The Hall–Kier alpha value is -1.61. The van der Waals surface area contributed by atoms with Crippen LogP contribution in [0.25, 0.3) is 0 Å². The summed E-state index contributed by atoms with van der Waals surface area (Å²) in [5.74, 6) is 0.189. The van der Waals surface area contributed by atoms with E-state index in [1.807, 2.05) is 44.3 Å². The van der Waals surface area contributed by atoms with Crippen LogP contribution in [-0.4, -0.2) is 15.6 Å². The second-order valence-corrected chi connectivity index (χ2v) is 5.05. The second kappa shape index (κ2) is 6.02. The molecule has 2 aromatic rings. The van der Waals surface area contributed by atoms with Crippen molar-refractivity contribution in [3.8, 4) is 0 Å². The van der Waals surface area contributed by atoms with Crippen molar-refractivity contribution in [1.82, 2.24) is 9.78 Å². The average molecular weight is 277 g/mol. The van der Waals surface area contributed by atoms with E-state index >= 15 is 0 Å². The molecule has 0 saturated carbocycles. The third-order valence-electron chi connectivity index (χ3n) is 3.16. The van der Waals surface area contributed by atoms with Crippen LogP contribution in [0.1, 0.15) is 23.4 Å². The predicted molar refractivity (Wildman–Crippen MR) is 76.4 cm³/mol. The van der Waals surface area contributed by atoms with Gasteiger partial charge in [-0.05, 0) is 18.9 Å². The SMILES string of the molecule is Cc1nn(C)c(CC(=O)CCc2ccccc2)c1Cl. The molecule has 3 nitrogen and oxygen atoms in total. The highest BCUT2D eigenvalue weighted by molar-refractivity contribution is 6.32. The Morgan fingerprint density at radius 3 is 2.58 bits per heavy atom. The summed E-state index contributed by atoms with van der Waals surface area (Å²) in [5, 5.41) is 4.82. The van der Waals surface area contributed by atoms with Gasteiger partial charge in [0.2, 0.25) is 0 Å². The van der Waals surface area contributed by atoms with Gasteiger partial charge in [-0.3, -0.25) is 9.48 Å². The Labute approximate surface area is 118 Å². The molecule has 0 N–H and O–H groups in total. The Morgan fingerprint density at radius 2 is 2.00 bits per heavy atom. The Morgan fingerprint density at radius 1 is 1.32 bits per heavy atom. The van der Waals surface area contributed by atoms with Gasteiger partial charge in [0.1, 0.15) is 5.78 Å². The van der Waals surface area contributed by atoms with Crippen LogP contribution < -0.4 is 0 Å². The smallest absolute Gasteiger partial charge is 0.139 e. The minimum absolute atomic E-state index is 0.189. The molecule has 0 bridgehead atoms. The average Bonchev–Trinajstić information content (AvgIpc) is 2.64. The minimum atomic E-state index is 0.189. The van der Waals surface area contributed by atoms with Gasteiger partial charge in [-0.1, -0.05) is 41.9 Å². The van der Waals surface area contributed by atoms with E-state index < -0.39 is 0 Å². The van der Waals surface area contributed by atoms with Crippen molar-refractivity contribution in [3.63, 3.8) is 0 Å². The van der Waals surface area contributed by atoms with Crippen LogP contribution >= 0.6 is 11.6 Å². The maximum Gasteiger partial charge on any atom is 0.139 e. The maximum atomic E-state index is 12.0. The summed E-state index contributed by atoms with van der Waals surface area (Å²) in [6.45, 7) is 1.85. The fourth-order valence-corrected chi connectivity index (χ4v) is 2.30. The summed E-state index contributed by atoms with van der Waals surface area (Å²) in [7, 11) is 1.82. The molecule has 4 heteroatoms. The number of aromatic nitrogens is 2. The number of aryl methyl sites for hydroxylation is 3. The van der Waals surface area contributed by atoms with E-state index in [0.29, 0.717) is 17.9 Å².